The van der Waals surface area contributed by atoms with Crippen LogP contribution in [0.25, 0.3) is 0 Å². The van der Waals surface area contributed by atoms with Crippen molar-refractivity contribution in [3.8, 4) is 0 Å². The molecule has 2 amide bonds. The Morgan fingerprint density at radius 2 is 2.03 bits per heavy atom. The maximum absolute atomic E-state index is 12.2. The van der Waals surface area contributed by atoms with Gasteiger partial charge in [0.05, 0.1) is 0 Å². The van der Waals surface area contributed by atoms with Gasteiger partial charge >= 0.3 is 0 Å². The molecule has 2 aromatic rings. The molecule has 0 spiro atoms. The number of carbonyl (C=O) groups is 2. The van der Waals surface area contributed by atoms with Gasteiger partial charge in [-0.2, -0.15) is 0 Å². The monoisotopic (exact) mass is 415 g/mol. The molecule has 8 heteroatoms. The van der Waals surface area contributed by atoms with Crippen molar-refractivity contribution in [1.29, 1.82) is 0 Å². The van der Waals surface area contributed by atoms with Gasteiger partial charge < -0.3 is 15.5 Å². The van der Waals surface area contributed by atoms with Crippen molar-refractivity contribution in [3.63, 3.8) is 0 Å². The summed E-state index contributed by atoms with van der Waals surface area (Å²) in [4.78, 5) is 26.8. The predicted octanol–water partition coefficient (Wildman–Crippen LogP) is 3.10. The Morgan fingerprint density at radius 1 is 1.21 bits per heavy atom. The first-order chi connectivity index (χ1) is 14.1. The summed E-state index contributed by atoms with van der Waals surface area (Å²) in [7, 11) is 0. The van der Waals surface area contributed by atoms with Crippen LogP contribution in [0.1, 0.15) is 53.8 Å². The second-order valence-corrected chi connectivity index (χ2v) is 8.47. The molecule has 1 aromatic heterocycles. The lowest BCUT2D eigenvalue weighted by atomic mass is 10.0. The number of carbonyl (C=O) groups excluding carboxylic acids is 2. The number of nitrogens with zero attached hydrogens (tertiary/aromatic N) is 3. The first kappa shape index (κ1) is 21.4. The zero-order chi connectivity index (χ0) is 20.5. The highest BCUT2D eigenvalue weighted by atomic mass is 32.1. The molecule has 1 aliphatic heterocycles. The molecule has 1 fully saturated rings. The molecule has 2 N–H and O–H groups in total. The number of para-hydroxylation sites is 1. The fraction of sp³-hybridized carbons (Fsp3) is 0.524. The number of hydrogen-bond donors (Lipinski definition) is 2. The average Bonchev–Trinajstić information content (AvgIpc) is 3.21. The second-order valence-electron chi connectivity index (χ2n) is 7.41. The number of hydrogen-bond acceptors (Lipinski definition) is 6. The second kappa shape index (κ2) is 11.0. The molecule has 0 radical (unpaired) electrons. The summed E-state index contributed by atoms with van der Waals surface area (Å²) in [6, 6.07) is 9.88. The van der Waals surface area contributed by atoms with E-state index < -0.39 is 0 Å². The van der Waals surface area contributed by atoms with Crippen LogP contribution in [-0.2, 0) is 11.2 Å². The van der Waals surface area contributed by atoms with Crippen LogP contribution in [0.3, 0.4) is 0 Å². The van der Waals surface area contributed by atoms with Crippen molar-refractivity contribution in [1.82, 2.24) is 20.4 Å². The van der Waals surface area contributed by atoms with Gasteiger partial charge in [-0.25, -0.2) is 0 Å². The number of nitrogens with one attached hydrogen (secondary N) is 2. The molecule has 1 aromatic carbocycles. The van der Waals surface area contributed by atoms with Crippen molar-refractivity contribution in [3.05, 3.63) is 40.3 Å². The van der Waals surface area contributed by atoms with Crippen molar-refractivity contribution >= 4 is 28.8 Å². The van der Waals surface area contributed by atoms with Crippen molar-refractivity contribution in [2.45, 2.75) is 51.5 Å². The summed E-state index contributed by atoms with van der Waals surface area (Å²) < 4.78 is 0. The summed E-state index contributed by atoms with van der Waals surface area (Å²) in [5.74, 6) is -0.265. The SMILES string of the molecule is CC1CCCCN1CCCNC(=O)CCc1nnc(C(=O)Nc2ccccc2)s1. The standard InChI is InChI=1S/C21H29N5O2S/c1-16-8-5-6-14-26(16)15-7-13-22-18(27)11-12-19-24-25-21(29-19)20(28)23-17-9-3-2-4-10-17/h2-4,9-10,16H,5-8,11-15H2,1H3,(H,22,27)(H,23,28). The van der Waals surface area contributed by atoms with Crippen LogP contribution in [0.4, 0.5) is 5.69 Å². The van der Waals surface area contributed by atoms with Gasteiger partial charge in [0, 0.05) is 37.7 Å². The summed E-state index contributed by atoms with van der Waals surface area (Å²) in [5.41, 5.74) is 0.715. The lowest BCUT2D eigenvalue weighted by Gasteiger charge is -2.33. The van der Waals surface area contributed by atoms with E-state index in [0.29, 0.717) is 41.1 Å². The summed E-state index contributed by atoms with van der Waals surface area (Å²) >= 11 is 1.23. The van der Waals surface area contributed by atoms with E-state index in [1.54, 1.807) is 0 Å². The third-order valence-corrected chi connectivity index (χ3v) is 6.13. The largest absolute Gasteiger partial charge is 0.356 e. The highest BCUT2D eigenvalue weighted by Crippen LogP contribution is 2.16. The van der Waals surface area contributed by atoms with Crippen molar-refractivity contribution in [2.75, 3.05) is 25.0 Å². The Morgan fingerprint density at radius 3 is 2.83 bits per heavy atom. The Labute approximate surface area is 175 Å². The molecule has 1 unspecified atom stereocenters. The van der Waals surface area contributed by atoms with Gasteiger partial charge in [-0.1, -0.05) is 36.0 Å². The highest BCUT2D eigenvalue weighted by molar-refractivity contribution is 7.13. The molecule has 29 heavy (non-hydrogen) atoms. The normalized spacial score (nSPS) is 17.1. The van der Waals surface area contributed by atoms with Gasteiger partial charge in [-0.15, -0.1) is 10.2 Å². The molecule has 0 bridgehead atoms. The summed E-state index contributed by atoms with van der Waals surface area (Å²) in [6.45, 7) is 5.20. The predicted molar refractivity (Wildman–Crippen MR) is 115 cm³/mol. The number of anilines is 1. The summed E-state index contributed by atoms with van der Waals surface area (Å²) in [5, 5.41) is 14.7. The van der Waals surface area contributed by atoms with Gasteiger partial charge in [0.1, 0.15) is 5.01 Å². The smallest absolute Gasteiger partial charge is 0.286 e. The van der Waals surface area contributed by atoms with Crippen LogP contribution in [0.5, 0.6) is 0 Å². The number of likely N-dealkylation sites (tertiary alicyclic amines) is 1. The minimum absolute atomic E-state index is 0.0159. The Kier molecular flexibility index (Phi) is 8.13. The molecule has 7 nitrogen and oxygen atoms in total. The first-order valence-electron chi connectivity index (χ1n) is 10.3. The van der Waals surface area contributed by atoms with Crippen LogP contribution in [0, 0.1) is 0 Å². The number of rotatable bonds is 9. The minimum Gasteiger partial charge on any atom is -0.356 e. The molecule has 3 rings (SSSR count). The van der Waals surface area contributed by atoms with Crippen LogP contribution >= 0.6 is 11.3 Å². The lowest BCUT2D eigenvalue weighted by Crippen LogP contribution is -2.39. The molecule has 1 saturated heterocycles. The van der Waals surface area contributed by atoms with E-state index in [1.165, 1.54) is 37.1 Å². The van der Waals surface area contributed by atoms with E-state index in [2.05, 4.69) is 32.7 Å². The molecule has 156 valence electrons. The van der Waals surface area contributed by atoms with E-state index in [-0.39, 0.29) is 11.8 Å². The third kappa shape index (κ3) is 6.90. The molecule has 0 saturated carbocycles. The van der Waals surface area contributed by atoms with E-state index in [0.717, 1.165) is 13.0 Å². The van der Waals surface area contributed by atoms with Gasteiger partial charge in [0.15, 0.2) is 0 Å². The lowest BCUT2D eigenvalue weighted by molar-refractivity contribution is -0.121. The van der Waals surface area contributed by atoms with Crippen molar-refractivity contribution in [2.24, 2.45) is 0 Å². The van der Waals surface area contributed by atoms with Crippen LogP contribution < -0.4 is 10.6 Å². The van der Waals surface area contributed by atoms with Gasteiger partial charge in [-0.05, 0) is 44.9 Å². The Bertz CT molecular complexity index is 795. The number of amides is 2. The molecular formula is C21H29N5O2S. The first-order valence-corrected chi connectivity index (χ1v) is 11.1. The fourth-order valence-corrected chi connectivity index (χ4v) is 4.20. The number of piperidine rings is 1. The van der Waals surface area contributed by atoms with Gasteiger partial charge in [-0.3, -0.25) is 9.59 Å². The van der Waals surface area contributed by atoms with Gasteiger partial charge in [0.2, 0.25) is 10.9 Å². The Hall–Kier alpha value is -2.32. The zero-order valence-electron chi connectivity index (χ0n) is 16.9. The number of aromatic nitrogens is 2. The molecule has 1 atom stereocenters. The van der Waals surface area contributed by atoms with Crippen molar-refractivity contribution < 1.29 is 9.59 Å². The molecule has 2 heterocycles. The third-order valence-electron chi connectivity index (χ3n) is 5.14. The topological polar surface area (TPSA) is 87.2 Å². The fourth-order valence-electron chi connectivity index (χ4n) is 3.46. The number of benzene rings is 1. The number of aryl methyl sites for hydroxylation is 1. The van der Waals surface area contributed by atoms with Crippen LogP contribution in [-0.4, -0.2) is 52.6 Å². The van der Waals surface area contributed by atoms with E-state index >= 15 is 0 Å². The zero-order valence-corrected chi connectivity index (χ0v) is 17.7. The summed E-state index contributed by atoms with van der Waals surface area (Å²) in [6.07, 6.45) is 5.71. The van der Waals surface area contributed by atoms with Crippen LogP contribution in [0.15, 0.2) is 30.3 Å². The van der Waals surface area contributed by atoms with Gasteiger partial charge in [0.25, 0.3) is 5.91 Å². The maximum Gasteiger partial charge on any atom is 0.286 e. The molecular weight excluding hydrogens is 386 g/mol. The highest BCUT2D eigenvalue weighted by Gasteiger charge is 2.17. The van der Waals surface area contributed by atoms with E-state index in [1.807, 2.05) is 30.3 Å². The van der Waals surface area contributed by atoms with Crippen LogP contribution in [0.2, 0.25) is 0 Å². The maximum atomic E-state index is 12.2. The minimum atomic E-state index is -0.281. The Balaban J connectivity index is 1.33. The molecule has 0 aliphatic carbocycles. The average molecular weight is 416 g/mol. The molecule has 1 aliphatic rings. The van der Waals surface area contributed by atoms with E-state index in [4.69, 9.17) is 0 Å². The van der Waals surface area contributed by atoms with E-state index in [9.17, 15) is 9.59 Å². The quantitative estimate of drug-likeness (QED) is 0.615.